The van der Waals surface area contributed by atoms with Crippen molar-refractivity contribution in [3.8, 4) is 5.75 Å². The average Bonchev–Trinajstić information content (AvgIpc) is 3.30. The van der Waals surface area contributed by atoms with Gasteiger partial charge in [0.25, 0.3) is 0 Å². The molecule has 28 heavy (non-hydrogen) atoms. The first-order chi connectivity index (χ1) is 13.5. The fraction of sp³-hybridized carbons (Fsp3) is 0.571. The predicted molar refractivity (Wildman–Crippen MR) is 111 cm³/mol. The summed E-state index contributed by atoms with van der Waals surface area (Å²) >= 11 is 0. The van der Waals surface area contributed by atoms with Gasteiger partial charge in [-0.3, -0.25) is 0 Å². The second kappa shape index (κ2) is 9.80. The molecule has 2 aromatic rings. The first-order valence-corrected chi connectivity index (χ1v) is 10.1. The van der Waals surface area contributed by atoms with Gasteiger partial charge in [0.15, 0.2) is 0 Å². The van der Waals surface area contributed by atoms with Crippen LogP contribution in [0.5, 0.6) is 5.75 Å². The number of nitrogens with one attached hydrogen (secondary N) is 2. The van der Waals surface area contributed by atoms with Crippen LogP contribution in [0.3, 0.4) is 0 Å². The van der Waals surface area contributed by atoms with Gasteiger partial charge >= 0.3 is 6.09 Å². The molecule has 0 aliphatic carbocycles. The molecule has 1 aliphatic rings. The summed E-state index contributed by atoms with van der Waals surface area (Å²) in [5.41, 5.74) is 2.22. The van der Waals surface area contributed by atoms with Gasteiger partial charge in [-0.2, -0.15) is 0 Å². The Bertz CT molecular complexity index is 768. The summed E-state index contributed by atoms with van der Waals surface area (Å²) in [6.07, 6.45) is 4.32. The highest BCUT2D eigenvalue weighted by Gasteiger charge is 2.16. The van der Waals surface area contributed by atoms with Crippen molar-refractivity contribution in [2.45, 2.75) is 32.5 Å². The molecule has 2 heterocycles. The van der Waals surface area contributed by atoms with Crippen molar-refractivity contribution in [1.82, 2.24) is 20.1 Å². The van der Waals surface area contributed by atoms with Crippen molar-refractivity contribution >= 4 is 17.0 Å². The number of likely N-dealkylation sites (N-methyl/N-ethyl adjacent to an activating group) is 1. The van der Waals surface area contributed by atoms with E-state index in [2.05, 4.69) is 34.2 Å². The lowest BCUT2D eigenvalue weighted by atomic mass is 10.1. The number of ether oxygens (including phenoxy) is 2. The summed E-state index contributed by atoms with van der Waals surface area (Å²) in [7, 11) is 4.12. The Morgan fingerprint density at radius 2 is 2.11 bits per heavy atom. The Labute approximate surface area is 167 Å². The molecule has 1 amide bonds. The van der Waals surface area contributed by atoms with Gasteiger partial charge in [-0.25, -0.2) is 4.79 Å². The zero-order chi connectivity index (χ0) is 19.9. The zero-order valence-corrected chi connectivity index (χ0v) is 17.2. The minimum atomic E-state index is -0.672. The van der Waals surface area contributed by atoms with E-state index >= 15 is 0 Å². The Morgan fingerprint density at radius 3 is 2.86 bits per heavy atom. The fourth-order valence-electron chi connectivity index (χ4n) is 3.58. The largest absolute Gasteiger partial charge is 0.454 e. The fourth-order valence-corrected chi connectivity index (χ4v) is 3.58. The first-order valence-electron chi connectivity index (χ1n) is 10.1. The number of hydrogen-bond acceptors (Lipinski definition) is 5. The molecular weight excluding hydrogens is 356 g/mol. The highest BCUT2D eigenvalue weighted by molar-refractivity contribution is 5.89. The van der Waals surface area contributed by atoms with Crippen LogP contribution in [0.1, 0.15) is 25.3 Å². The summed E-state index contributed by atoms with van der Waals surface area (Å²) in [4.78, 5) is 19.8. The molecule has 0 saturated carbocycles. The number of H-pyrrole nitrogens is 1. The quantitative estimate of drug-likeness (QED) is 0.647. The summed E-state index contributed by atoms with van der Waals surface area (Å²) in [6.45, 7) is 6.38. The van der Waals surface area contributed by atoms with Crippen molar-refractivity contribution < 1.29 is 14.3 Å². The highest BCUT2D eigenvalue weighted by atomic mass is 16.7. The smallest absolute Gasteiger partial charge is 0.410 e. The second-order valence-electron chi connectivity index (χ2n) is 7.61. The summed E-state index contributed by atoms with van der Waals surface area (Å²) in [5.74, 6) is 0.727. The number of aromatic amines is 1. The molecule has 1 aromatic carbocycles. The van der Waals surface area contributed by atoms with Crippen LogP contribution < -0.4 is 10.1 Å². The van der Waals surface area contributed by atoms with Crippen LogP contribution in [0.2, 0.25) is 0 Å². The lowest BCUT2D eigenvalue weighted by Gasteiger charge is -2.18. The van der Waals surface area contributed by atoms with Crippen molar-refractivity contribution in [3.05, 3.63) is 30.0 Å². The van der Waals surface area contributed by atoms with E-state index in [9.17, 15) is 4.79 Å². The van der Waals surface area contributed by atoms with Crippen LogP contribution in [-0.2, 0) is 11.2 Å². The number of aromatic nitrogens is 1. The zero-order valence-electron chi connectivity index (χ0n) is 17.2. The third kappa shape index (κ3) is 5.62. The van der Waals surface area contributed by atoms with Crippen LogP contribution >= 0.6 is 0 Å². The first kappa shape index (κ1) is 20.5. The van der Waals surface area contributed by atoms with Crippen LogP contribution in [-0.4, -0.2) is 74.0 Å². The SMILES string of the molecule is CC(OC(=O)NCCN1CCCC1)Oc1cccc2[nH]cc(CCN(C)C)c12. The molecule has 3 rings (SSSR count). The number of fused-ring (bicyclic) bond motifs is 1. The van der Waals surface area contributed by atoms with E-state index in [0.717, 1.165) is 49.3 Å². The summed E-state index contributed by atoms with van der Waals surface area (Å²) < 4.78 is 11.3. The molecule has 2 N–H and O–H groups in total. The van der Waals surface area contributed by atoms with E-state index in [1.165, 1.54) is 18.4 Å². The molecule has 154 valence electrons. The number of amides is 1. The van der Waals surface area contributed by atoms with Crippen LogP contribution in [0.25, 0.3) is 10.9 Å². The number of carbonyl (C=O) groups is 1. The molecule has 7 nitrogen and oxygen atoms in total. The lowest BCUT2D eigenvalue weighted by molar-refractivity contribution is -0.0173. The molecule has 0 radical (unpaired) electrons. The minimum Gasteiger partial charge on any atom is -0.454 e. The van der Waals surface area contributed by atoms with Crippen molar-refractivity contribution in [2.75, 3.05) is 46.8 Å². The Morgan fingerprint density at radius 1 is 1.32 bits per heavy atom. The lowest BCUT2D eigenvalue weighted by Crippen LogP contribution is -2.36. The maximum Gasteiger partial charge on any atom is 0.410 e. The Kier molecular flexibility index (Phi) is 7.17. The van der Waals surface area contributed by atoms with Crippen LogP contribution in [0, 0.1) is 0 Å². The monoisotopic (exact) mass is 388 g/mol. The van der Waals surface area contributed by atoms with Gasteiger partial charge in [-0.1, -0.05) is 6.07 Å². The van der Waals surface area contributed by atoms with E-state index in [1.54, 1.807) is 6.92 Å². The summed E-state index contributed by atoms with van der Waals surface area (Å²) in [6, 6.07) is 5.88. The number of likely N-dealkylation sites (tertiary alicyclic amines) is 1. The molecule has 1 unspecified atom stereocenters. The van der Waals surface area contributed by atoms with Crippen LogP contribution in [0.15, 0.2) is 24.4 Å². The van der Waals surface area contributed by atoms with Gasteiger partial charge in [0.05, 0.1) is 0 Å². The van der Waals surface area contributed by atoms with E-state index in [1.807, 2.05) is 24.4 Å². The Balaban J connectivity index is 1.54. The van der Waals surface area contributed by atoms with Crippen LogP contribution in [0.4, 0.5) is 4.79 Å². The third-order valence-corrected chi connectivity index (χ3v) is 5.04. The molecular formula is C21H32N4O3. The van der Waals surface area contributed by atoms with Crippen molar-refractivity contribution in [2.24, 2.45) is 0 Å². The van der Waals surface area contributed by atoms with Crippen molar-refractivity contribution in [3.63, 3.8) is 0 Å². The third-order valence-electron chi connectivity index (χ3n) is 5.04. The number of nitrogens with zero attached hydrogens (tertiary/aromatic N) is 2. The second-order valence-corrected chi connectivity index (χ2v) is 7.61. The van der Waals surface area contributed by atoms with E-state index < -0.39 is 12.4 Å². The molecule has 1 aromatic heterocycles. The van der Waals surface area contributed by atoms with Gasteiger partial charge < -0.3 is 29.6 Å². The molecule has 1 aliphatic heterocycles. The van der Waals surface area contributed by atoms with Gasteiger partial charge in [0.1, 0.15) is 5.75 Å². The summed E-state index contributed by atoms with van der Waals surface area (Å²) in [5, 5.41) is 3.86. The molecule has 1 atom stereocenters. The minimum absolute atomic E-state index is 0.444. The van der Waals surface area contributed by atoms with Gasteiger partial charge in [-0.05, 0) is 64.1 Å². The Hall–Kier alpha value is -2.25. The molecule has 7 heteroatoms. The molecule has 0 spiro atoms. The van der Waals surface area contributed by atoms with E-state index in [4.69, 9.17) is 9.47 Å². The van der Waals surface area contributed by atoms with E-state index in [-0.39, 0.29) is 0 Å². The van der Waals surface area contributed by atoms with Crippen molar-refractivity contribution in [1.29, 1.82) is 0 Å². The number of alkyl carbamates (subject to hydrolysis) is 1. The maximum atomic E-state index is 12.0. The van der Waals surface area contributed by atoms with Gasteiger partial charge in [0, 0.05) is 43.7 Å². The number of carbonyl (C=O) groups excluding carboxylic acids is 1. The van der Waals surface area contributed by atoms with E-state index in [0.29, 0.717) is 6.54 Å². The molecule has 0 bridgehead atoms. The number of rotatable bonds is 9. The highest BCUT2D eigenvalue weighted by Crippen LogP contribution is 2.30. The van der Waals surface area contributed by atoms with Gasteiger partial charge in [0.2, 0.25) is 6.29 Å². The molecule has 1 fully saturated rings. The standard InChI is InChI=1S/C21H32N4O3/c1-16(28-21(26)22-10-14-25-11-4-5-12-25)27-19-8-6-7-18-20(19)17(15-23-18)9-13-24(2)3/h6-8,15-16,23H,4-5,9-14H2,1-3H3,(H,22,26). The van der Waals surface area contributed by atoms with Gasteiger partial charge in [-0.15, -0.1) is 0 Å². The average molecular weight is 389 g/mol. The normalized spacial score (nSPS) is 15.9. The number of hydrogen-bond donors (Lipinski definition) is 2. The topological polar surface area (TPSA) is 69.8 Å². The predicted octanol–water partition coefficient (Wildman–Crippen LogP) is 2.82. The maximum absolute atomic E-state index is 12.0. The molecule has 1 saturated heterocycles. The number of benzene rings is 1.